The Morgan fingerprint density at radius 3 is 2.95 bits per heavy atom. The molecule has 1 aliphatic carbocycles. The average molecular weight is 483 g/mol. The van der Waals surface area contributed by atoms with Gasteiger partial charge in [0, 0.05) is 16.3 Å². The molecule has 100 valence electrons. The third-order valence-electron chi connectivity index (χ3n) is 2.96. The SMILES string of the molecule is CNC1=CC(C(C)(F)I)C#[N+]C2=C1C=C(I)C=CC2. The largest absolute Gasteiger partial charge is 0.388 e. The number of likely N-dealkylation sites (N-methyl/N-ethyl adjacent to an activating group) is 1. The van der Waals surface area contributed by atoms with E-state index >= 15 is 0 Å². The van der Waals surface area contributed by atoms with Crippen LogP contribution in [0.4, 0.5) is 4.39 Å². The molecule has 2 atom stereocenters. The third kappa shape index (κ3) is 3.60. The number of nitrogens with one attached hydrogen (secondary N) is 1. The van der Waals surface area contributed by atoms with E-state index in [4.69, 9.17) is 0 Å². The summed E-state index contributed by atoms with van der Waals surface area (Å²) in [5.41, 5.74) is 2.85. The molecule has 0 fully saturated rings. The minimum atomic E-state index is -1.40. The maximum absolute atomic E-state index is 14.1. The Morgan fingerprint density at radius 1 is 1.58 bits per heavy atom. The van der Waals surface area contributed by atoms with Crippen molar-refractivity contribution in [2.24, 2.45) is 5.92 Å². The van der Waals surface area contributed by atoms with Gasteiger partial charge in [-0.25, -0.2) is 4.39 Å². The van der Waals surface area contributed by atoms with Crippen molar-refractivity contribution in [1.82, 2.24) is 5.32 Å². The van der Waals surface area contributed by atoms with E-state index in [2.05, 4.69) is 57.0 Å². The van der Waals surface area contributed by atoms with Crippen LogP contribution in [0.1, 0.15) is 13.3 Å². The van der Waals surface area contributed by atoms with Crippen LogP contribution >= 0.6 is 45.2 Å². The van der Waals surface area contributed by atoms with Crippen molar-refractivity contribution in [3.05, 3.63) is 49.7 Å². The molecule has 0 saturated carbocycles. The zero-order chi connectivity index (χ0) is 14.0. The fraction of sp³-hybridized carbons (Fsp3) is 0.357. The normalized spacial score (nSPS) is 25.0. The summed E-state index contributed by atoms with van der Waals surface area (Å²) < 4.78 is 13.9. The van der Waals surface area contributed by atoms with Crippen LogP contribution in [0.5, 0.6) is 0 Å². The molecule has 2 nitrogen and oxygen atoms in total. The minimum Gasteiger partial charge on any atom is -0.388 e. The molecular formula is C14H14FI2N2+. The highest BCUT2D eigenvalue weighted by molar-refractivity contribution is 14.1. The molecule has 19 heavy (non-hydrogen) atoms. The molecule has 0 aromatic carbocycles. The number of hydrogen-bond donors (Lipinski definition) is 1. The predicted octanol–water partition coefficient (Wildman–Crippen LogP) is 4.71. The van der Waals surface area contributed by atoms with Crippen LogP contribution in [0.25, 0.3) is 4.85 Å². The maximum atomic E-state index is 14.1. The molecule has 1 aliphatic heterocycles. The summed E-state index contributed by atoms with van der Waals surface area (Å²) in [7, 11) is 1.85. The summed E-state index contributed by atoms with van der Waals surface area (Å²) in [5.74, 6) is -0.461. The zero-order valence-corrected chi connectivity index (χ0v) is 15.0. The number of hydrogen-bond acceptors (Lipinski definition) is 1. The summed E-state index contributed by atoms with van der Waals surface area (Å²) in [5, 5.41) is 3.15. The number of rotatable bonds is 2. The molecule has 2 rings (SSSR count). The van der Waals surface area contributed by atoms with E-state index in [1.165, 1.54) is 0 Å². The quantitative estimate of drug-likeness (QED) is 0.445. The van der Waals surface area contributed by atoms with Crippen LogP contribution in [0.15, 0.2) is 44.9 Å². The smallest absolute Gasteiger partial charge is 0.329 e. The van der Waals surface area contributed by atoms with Crippen molar-refractivity contribution in [1.29, 1.82) is 0 Å². The first-order valence-electron chi connectivity index (χ1n) is 5.92. The summed E-state index contributed by atoms with van der Waals surface area (Å²) in [6, 6.07) is 2.93. The highest BCUT2D eigenvalue weighted by Gasteiger charge is 2.36. The molecule has 5 heteroatoms. The topological polar surface area (TPSA) is 16.4 Å². The van der Waals surface area contributed by atoms with Gasteiger partial charge in [-0.3, -0.25) is 0 Å². The second kappa shape index (κ2) is 5.95. The molecule has 0 bridgehead atoms. The van der Waals surface area contributed by atoms with Gasteiger partial charge in [-0.15, -0.1) is 0 Å². The summed E-state index contributed by atoms with van der Waals surface area (Å²) in [6.45, 7) is 1.54. The number of alkyl halides is 2. The Hall–Kier alpha value is -0.360. The van der Waals surface area contributed by atoms with Crippen LogP contribution in [0, 0.1) is 12.0 Å². The van der Waals surface area contributed by atoms with E-state index < -0.39 is 9.59 Å². The Balaban J connectivity index is 2.52. The minimum absolute atomic E-state index is 0.461. The number of halogens is 3. The lowest BCUT2D eigenvalue weighted by molar-refractivity contribution is 0.302. The standard InChI is InChI=1S/C14H14FI2N2/c1-14(15,17)9-6-13(18-2)11-7-10(16)4-3-5-12(11)19-8-9/h3-4,6-7,9,18H,5H2,1-2H3/q+1. The summed E-state index contributed by atoms with van der Waals surface area (Å²) in [6.07, 6.45) is 8.80. The molecule has 1 heterocycles. The molecule has 0 aromatic rings. The van der Waals surface area contributed by atoms with Crippen LogP contribution in [-0.2, 0) is 0 Å². The second-order valence-corrected chi connectivity index (χ2v) is 7.86. The van der Waals surface area contributed by atoms with Crippen molar-refractivity contribution in [2.75, 3.05) is 7.05 Å². The Labute approximate surface area is 140 Å². The van der Waals surface area contributed by atoms with E-state index in [-0.39, 0.29) is 0 Å². The Bertz CT molecular complexity index is 568. The fourth-order valence-electron chi connectivity index (χ4n) is 1.92. The van der Waals surface area contributed by atoms with Crippen LogP contribution < -0.4 is 5.32 Å². The van der Waals surface area contributed by atoms with Crippen molar-refractivity contribution >= 4 is 45.2 Å². The first-order chi connectivity index (χ1) is 8.91. The van der Waals surface area contributed by atoms with Crippen LogP contribution in [0.3, 0.4) is 0 Å². The molecule has 0 amide bonds. The van der Waals surface area contributed by atoms with Gasteiger partial charge in [0.2, 0.25) is 0 Å². The van der Waals surface area contributed by atoms with Gasteiger partial charge < -0.3 is 5.32 Å². The van der Waals surface area contributed by atoms with Gasteiger partial charge in [0.15, 0.2) is 9.59 Å². The number of allylic oxidation sites excluding steroid dienone is 5. The van der Waals surface area contributed by atoms with Crippen LogP contribution in [-0.4, -0.2) is 10.7 Å². The average Bonchev–Trinajstić information content (AvgIpc) is 2.59. The summed E-state index contributed by atoms with van der Waals surface area (Å²) >= 11 is 4.07. The molecule has 0 saturated heterocycles. The highest BCUT2D eigenvalue weighted by atomic mass is 127. The van der Waals surface area contributed by atoms with E-state index in [9.17, 15) is 4.39 Å². The van der Waals surface area contributed by atoms with E-state index in [1.54, 1.807) is 29.5 Å². The molecule has 2 unspecified atom stereocenters. The monoisotopic (exact) mass is 483 g/mol. The second-order valence-electron chi connectivity index (χ2n) is 4.50. The van der Waals surface area contributed by atoms with Gasteiger partial charge in [0.05, 0.1) is 12.0 Å². The Kier molecular flexibility index (Phi) is 4.71. The molecule has 0 aromatic heterocycles. The lowest BCUT2D eigenvalue weighted by atomic mass is 10.0. The molecule has 1 N–H and O–H groups in total. The third-order valence-corrected chi connectivity index (χ3v) is 4.30. The number of nitrogens with zero attached hydrogens (tertiary/aromatic N) is 1. The molecule has 0 radical (unpaired) electrons. The van der Waals surface area contributed by atoms with Crippen molar-refractivity contribution in [2.45, 2.75) is 17.0 Å². The molecule has 0 spiro atoms. The predicted molar refractivity (Wildman–Crippen MR) is 94.3 cm³/mol. The zero-order valence-electron chi connectivity index (χ0n) is 10.7. The van der Waals surface area contributed by atoms with Gasteiger partial charge in [0.25, 0.3) is 6.07 Å². The lowest BCUT2D eigenvalue weighted by Crippen LogP contribution is -2.20. The van der Waals surface area contributed by atoms with Crippen LogP contribution in [0.2, 0.25) is 0 Å². The van der Waals surface area contributed by atoms with Crippen molar-refractivity contribution < 1.29 is 4.39 Å². The Morgan fingerprint density at radius 2 is 2.32 bits per heavy atom. The van der Waals surface area contributed by atoms with Gasteiger partial charge >= 0.3 is 5.70 Å². The van der Waals surface area contributed by atoms with Crippen molar-refractivity contribution in [3.63, 3.8) is 0 Å². The maximum Gasteiger partial charge on any atom is 0.329 e. The fourth-order valence-corrected chi connectivity index (χ4v) is 2.81. The lowest BCUT2D eigenvalue weighted by Gasteiger charge is -2.14. The van der Waals surface area contributed by atoms with E-state index in [1.807, 2.05) is 13.1 Å². The van der Waals surface area contributed by atoms with Gasteiger partial charge in [-0.05, 0) is 69.1 Å². The summed E-state index contributed by atoms with van der Waals surface area (Å²) in [4.78, 5) is 4.38. The van der Waals surface area contributed by atoms with Gasteiger partial charge in [-0.1, -0.05) is 12.2 Å². The van der Waals surface area contributed by atoms with Gasteiger partial charge in [-0.2, -0.15) is 0 Å². The molecular weight excluding hydrogens is 469 g/mol. The van der Waals surface area contributed by atoms with E-state index in [0.717, 1.165) is 27.0 Å². The first-order valence-corrected chi connectivity index (χ1v) is 8.08. The molecule has 2 aliphatic rings. The van der Waals surface area contributed by atoms with E-state index in [0.29, 0.717) is 0 Å². The van der Waals surface area contributed by atoms with Gasteiger partial charge in [0.1, 0.15) is 0 Å². The first kappa shape index (κ1) is 15.0. The van der Waals surface area contributed by atoms with Crippen molar-refractivity contribution in [3.8, 4) is 6.07 Å². The highest BCUT2D eigenvalue weighted by Crippen LogP contribution is 2.35.